The van der Waals surface area contributed by atoms with Crippen LogP contribution in [0.4, 0.5) is 10.1 Å². The second kappa shape index (κ2) is 6.20. The maximum atomic E-state index is 13.2. The van der Waals surface area contributed by atoms with Crippen LogP contribution < -0.4 is 4.74 Å². The van der Waals surface area contributed by atoms with Gasteiger partial charge in [-0.25, -0.2) is 4.39 Å². The van der Waals surface area contributed by atoms with Gasteiger partial charge in [0.15, 0.2) is 0 Å². The maximum Gasteiger partial charge on any atom is 0.312 e. The van der Waals surface area contributed by atoms with Gasteiger partial charge in [-0.3, -0.25) is 10.1 Å². The smallest absolute Gasteiger partial charge is 0.312 e. The van der Waals surface area contributed by atoms with E-state index in [4.69, 9.17) is 21.6 Å². The largest absolute Gasteiger partial charge is 0.481 e. The quantitative estimate of drug-likeness (QED) is 0.635. The standard InChI is InChI=1S/C14H8ClFN2O3/c15-11-2-1-3-13(18(19)20)14(11)21-8-9-4-5-12(16)10(6-9)7-17/h1-6H,8H2. The molecule has 0 radical (unpaired) electrons. The zero-order chi connectivity index (χ0) is 15.4. The Hall–Kier alpha value is -2.65. The lowest BCUT2D eigenvalue weighted by Crippen LogP contribution is -2.00. The van der Waals surface area contributed by atoms with E-state index >= 15 is 0 Å². The van der Waals surface area contributed by atoms with Gasteiger partial charge in [0.1, 0.15) is 18.5 Å². The zero-order valence-corrected chi connectivity index (χ0v) is 11.3. The molecule has 0 heterocycles. The highest BCUT2D eigenvalue weighted by atomic mass is 35.5. The van der Waals surface area contributed by atoms with Gasteiger partial charge in [-0.1, -0.05) is 23.7 Å². The highest BCUT2D eigenvalue weighted by molar-refractivity contribution is 6.32. The number of nitrogens with zero attached hydrogens (tertiary/aromatic N) is 2. The molecule has 0 bridgehead atoms. The minimum absolute atomic E-state index is 0.0630. The van der Waals surface area contributed by atoms with E-state index in [-0.39, 0.29) is 28.6 Å². The molecule has 0 unspecified atom stereocenters. The first-order valence-electron chi connectivity index (χ1n) is 5.77. The van der Waals surface area contributed by atoms with Crippen LogP contribution in [0.2, 0.25) is 5.02 Å². The van der Waals surface area contributed by atoms with Crippen LogP contribution in [0.15, 0.2) is 36.4 Å². The lowest BCUT2D eigenvalue weighted by molar-refractivity contribution is -0.385. The summed E-state index contributed by atoms with van der Waals surface area (Å²) in [5.74, 6) is -0.697. The second-order valence-corrected chi connectivity index (χ2v) is 4.47. The Kier molecular flexibility index (Phi) is 4.36. The molecule has 0 fully saturated rings. The normalized spacial score (nSPS) is 9.95. The summed E-state index contributed by atoms with van der Waals surface area (Å²) in [6.45, 7) is -0.0699. The molecule has 0 spiro atoms. The summed E-state index contributed by atoms with van der Waals surface area (Å²) in [5, 5.41) is 19.8. The van der Waals surface area contributed by atoms with Crippen LogP contribution in [-0.2, 0) is 6.61 Å². The van der Waals surface area contributed by atoms with Crippen molar-refractivity contribution in [1.82, 2.24) is 0 Å². The molecule has 0 saturated heterocycles. The molecular weight excluding hydrogens is 299 g/mol. The molecule has 0 saturated carbocycles. The molecular formula is C14H8ClFN2O3. The van der Waals surface area contributed by atoms with Gasteiger partial charge in [0.2, 0.25) is 5.75 Å². The fourth-order valence-electron chi connectivity index (χ4n) is 1.69. The summed E-state index contributed by atoms with van der Waals surface area (Å²) in [6, 6.07) is 9.78. The number of nitriles is 1. The summed E-state index contributed by atoms with van der Waals surface area (Å²) in [7, 11) is 0. The van der Waals surface area contributed by atoms with E-state index in [1.54, 1.807) is 6.07 Å². The molecule has 7 heteroatoms. The van der Waals surface area contributed by atoms with E-state index in [2.05, 4.69) is 0 Å². The molecule has 0 N–H and O–H groups in total. The summed E-state index contributed by atoms with van der Waals surface area (Å²) >= 11 is 5.88. The number of nitro benzene ring substituents is 1. The van der Waals surface area contributed by atoms with Gasteiger partial charge in [0.25, 0.3) is 0 Å². The molecule has 5 nitrogen and oxygen atoms in total. The van der Waals surface area contributed by atoms with Gasteiger partial charge < -0.3 is 4.74 Å². The molecule has 0 aliphatic rings. The third-order valence-electron chi connectivity index (χ3n) is 2.68. The molecule has 0 aliphatic heterocycles. The molecule has 0 atom stereocenters. The molecule has 2 aromatic carbocycles. The number of halogens is 2. The van der Waals surface area contributed by atoms with Gasteiger partial charge in [-0.15, -0.1) is 0 Å². The van der Waals surface area contributed by atoms with Crippen molar-refractivity contribution < 1.29 is 14.1 Å². The van der Waals surface area contributed by atoms with Crippen LogP contribution in [0.25, 0.3) is 0 Å². The van der Waals surface area contributed by atoms with Gasteiger partial charge in [-0.05, 0) is 23.8 Å². The summed E-state index contributed by atoms with van der Waals surface area (Å²) < 4.78 is 18.5. The fourth-order valence-corrected chi connectivity index (χ4v) is 1.91. The average Bonchev–Trinajstić information content (AvgIpc) is 2.47. The topological polar surface area (TPSA) is 76.2 Å². The van der Waals surface area contributed by atoms with E-state index in [0.717, 1.165) is 6.07 Å². The molecule has 0 aliphatic carbocycles. The van der Waals surface area contributed by atoms with E-state index < -0.39 is 10.7 Å². The van der Waals surface area contributed by atoms with Gasteiger partial charge in [-0.2, -0.15) is 5.26 Å². The predicted molar refractivity (Wildman–Crippen MR) is 73.6 cm³/mol. The summed E-state index contributed by atoms with van der Waals surface area (Å²) in [5.41, 5.74) is 0.122. The number of rotatable bonds is 4. The lowest BCUT2D eigenvalue weighted by atomic mass is 10.1. The number of nitro groups is 1. The van der Waals surface area contributed by atoms with Crippen molar-refractivity contribution in [3.63, 3.8) is 0 Å². The Bertz CT molecular complexity index is 743. The highest BCUT2D eigenvalue weighted by Crippen LogP contribution is 2.34. The third-order valence-corrected chi connectivity index (χ3v) is 2.97. The Morgan fingerprint density at radius 2 is 2.14 bits per heavy atom. The molecule has 0 amide bonds. The van der Waals surface area contributed by atoms with Crippen LogP contribution in [0.5, 0.6) is 5.75 Å². The van der Waals surface area contributed by atoms with Crippen molar-refractivity contribution in [3.05, 3.63) is 68.5 Å². The molecule has 21 heavy (non-hydrogen) atoms. The Morgan fingerprint density at radius 1 is 1.38 bits per heavy atom. The first-order chi connectivity index (χ1) is 10.0. The summed E-state index contributed by atoms with van der Waals surface area (Å²) in [6.07, 6.45) is 0. The predicted octanol–water partition coefficient (Wildman–Crippen LogP) is 3.84. The SMILES string of the molecule is N#Cc1cc(COc2c(Cl)cccc2[N+](=O)[O-])ccc1F. The number of ether oxygens (including phenoxy) is 1. The first kappa shape index (κ1) is 14.8. The van der Waals surface area contributed by atoms with Gasteiger partial charge >= 0.3 is 5.69 Å². The second-order valence-electron chi connectivity index (χ2n) is 4.06. The van der Waals surface area contributed by atoms with Crippen molar-refractivity contribution in [2.45, 2.75) is 6.61 Å². The Balaban J connectivity index is 2.25. The Labute approximate surface area is 124 Å². The van der Waals surface area contributed by atoms with Crippen molar-refractivity contribution in [1.29, 1.82) is 5.26 Å². The number of para-hydroxylation sites is 1. The monoisotopic (exact) mass is 306 g/mol. The van der Waals surface area contributed by atoms with Crippen LogP contribution in [0, 0.1) is 27.3 Å². The number of hydrogen-bond acceptors (Lipinski definition) is 4. The van der Waals surface area contributed by atoms with Gasteiger partial charge in [0, 0.05) is 6.07 Å². The molecule has 2 aromatic rings. The highest BCUT2D eigenvalue weighted by Gasteiger charge is 2.18. The number of hydrogen-bond donors (Lipinski definition) is 0. The van der Waals surface area contributed by atoms with Crippen molar-refractivity contribution in [2.24, 2.45) is 0 Å². The average molecular weight is 307 g/mol. The van der Waals surface area contributed by atoms with E-state index in [9.17, 15) is 14.5 Å². The fraction of sp³-hybridized carbons (Fsp3) is 0.0714. The van der Waals surface area contributed by atoms with Gasteiger partial charge in [0.05, 0.1) is 15.5 Å². The van der Waals surface area contributed by atoms with Crippen LogP contribution in [0.1, 0.15) is 11.1 Å². The van der Waals surface area contributed by atoms with Crippen LogP contribution in [0.3, 0.4) is 0 Å². The maximum absolute atomic E-state index is 13.2. The molecule has 0 aromatic heterocycles. The first-order valence-corrected chi connectivity index (χ1v) is 6.15. The van der Waals surface area contributed by atoms with Crippen molar-refractivity contribution in [3.8, 4) is 11.8 Å². The Morgan fingerprint density at radius 3 is 2.81 bits per heavy atom. The molecule has 2 rings (SSSR count). The van der Waals surface area contributed by atoms with Crippen molar-refractivity contribution >= 4 is 17.3 Å². The van der Waals surface area contributed by atoms with E-state index in [1.807, 2.05) is 0 Å². The minimum Gasteiger partial charge on any atom is -0.481 e. The number of benzene rings is 2. The zero-order valence-electron chi connectivity index (χ0n) is 10.5. The van der Waals surface area contributed by atoms with E-state index in [1.165, 1.54) is 30.3 Å². The van der Waals surface area contributed by atoms with Crippen LogP contribution >= 0.6 is 11.6 Å². The van der Waals surface area contributed by atoms with Crippen molar-refractivity contribution in [2.75, 3.05) is 0 Å². The summed E-state index contributed by atoms with van der Waals surface area (Å²) in [4.78, 5) is 10.3. The minimum atomic E-state index is -0.634. The van der Waals surface area contributed by atoms with E-state index in [0.29, 0.717) is 5.56 Å². The molecule has 106 valence electrons. The van der Waals surface area contributed by atoms with Crippen LogP contribution in [-0.4, -0.2) is 4.92 Å². The lowest BCUT2D eigenvalue weighted by Gasteiger charge is -2.08. The third kappa shape index (κ3) is 3.27.